The highest BCUT2D eigenvalue weighted by Gasteiger charge is 2.19. The van der Waals surface area contributed by atoms with Gasteiger partial charge in [0.2, 0.25) is 0 Å². The lowest BCUT2D eigenvalue weighted by Crippen LogP contribution is -2.16. The van der Waals surface area contributed by atoms with Crippen molar-refractivity contribution in [1.82, 2.24) is 14.8 Å². The topological polar surface area (TPSA) is 75.5 Å². The van der Waals surface area contributed by atoms with E-state index in [0.29, 0.717) is 41.3 Å². The molecule has 1 aliphatic heterocycles. The van der Waals surface area contributed by atoms with E-state index in [1.807, 2.05) is 59.2 Å². The highest BCUT2D eigenvalue weighted by molar-refractivity contribution is 7.99. The molecular weight excluding hydrogens is 438 g/mol. The van der Waals surface area contributed by atoms with Crippen LogP contribution in [-0.2, 0) is 0 Å². The van der Waals surface area contributed by atoms with Crippen molar-refractivity contribution in [2.75, 3.05) is 26.1 Å². The van der Waals surface area contributed by atoms with Crippen LogP contribution in [0, 0.1) is 0 Å². The van der Waals surface area contributed by atoms with Gasteiger partial charge in [-0.15, -0.1) is 10.2 Å². The van der Waals surface area contributed by atoms with Crippen LogP contribution in [0.1, 0.15) is 10.4 Å². The fourth-order valence-corrected chi connectivity index (χ4v) is 4.40. The highest BCUT2D eigenvalue weighted by Crippen LogP contribution is 2.33. The molecule has 33 heavy (non-hydrogen) atoms. The lowest BCUT2D eigenvalue weighted by molar-refractivity contribution is 0.102. The van der Waals surface area contributed by atoms with Crippen LogP contribution in [0.5, 0.6) is 17.2 Å². The second-order valence-corrected chi connectivity index (χ2v) is 8.22. The molecule has 1 aromatic heterocycles. The van der Waals surface area contributed by atoms with Crippen LogP contribution >= 0.6 is 11.8 Å². The third-order valence-electron chi connectivity index (χ3n) is 5.17. The quantitative estimate of drug-likeness (QED) is 0.293. The number of rotatable bonds is 7. The summed E-state index contributed by atoms with van der Waals surface area (Å²) in [4.78, 5) is 12.9. The molecule has 0 saturated heterocycles. The summed E-state index contributed by atoms with van der Waals surface area (Å²) in [5, 5.41) is 9.46. The highest BCUT2D eigenvalue weighted by atomic mass is 32.2. The van der Waals surface area contributed by atoms with Crippen molar-refractivity contribution in [3.05, 3.63) is 78.4 Å². The van der Waals surface area contributed by atoms with Gasteiger partial charge in [0.05, 0.1) is 12.9 Å². The third-order valence-corrected chi connectivity index (χ3v) is 6.10. The van der Waals surface area contributed by atoms with E-state index in [4.69, 9.17) is 14.2 Å². The van der Waals surface area contributed by atoms with E-state index < -0.39 is 0 Å². The van der Waals surface area contributed by atoms with Gasteiger partial charge < -0.3 is 14.2 Å². The van der Waals surface area contributed by atoms with Gasteiger partial charge >= 0.3 is 0 Å². The molecule has 0 saturated carbocycles. The van der Waals surface area contributed by atoms with Gasteiger partial charge in [0.1, 0.15) is 19.0 Å². The lowest BCUT2D eigenvalue weighted by atomic mass is 10.1. The molecule has 2 heterocycles. The molecule has 3 aromatic carbocycles. The number of hydrogen-bond acceptors (Lipinski definition) is 7. The predicted molar refractivity (Wildman–Crippen MR) is 126 cm³/mol. The maximum absolute atomic E-state index is 12.9. The van der Waals surface area contributed by atoms with Crippen molar-refractivity contribution in [2.45, 2.75) is 5.16 Å². The molecule has 0 unspecified atom stereocenters. The molecule has 0 radical (unpaired) electrons. The summed E-state index contributed by atoms with van der Waals surface area (Å²) in [5.74, 6) is 2.86. The molecule has 0 bridgehead atoms. The fourth-order valence-electron chi connectivity index (χ4n) is 3.55. The van der Waals surface area contributed by atoms with Crippen LogP contribution in [0.25, 0.3) is 17.1 Å². The van der Waals surface area contributed by atoms with E-state index in [1.165, 1.54) is 11.8 Å². The summed E-state index contributed by atoms with van der Waals surface area (Å²) >= 11 is 1.34. The van der Waals surface area contributed by atoms with Crippen molar-refractivity contribution >= 4 is 17.5 Å². The number of fused-ring (bicyclic) bond motifs is 1. The summed E-state index contributed by atoms with van der Waals surface area (Å²) in [6.45, 7) is 0.994. The minimum atomic E-state index is -0.0254. The monoisotopic (exact) mass is 459 g/mol. The Labute approximate surface area is 195 Å². The van der Waals surface area contributed by atoms with E-state index in [-0.39, 0.29) is 11.5 Å². The molecular formula is C25H21N3O4S. The number of nitrogens with zero attached hydrogens (tertiary/aromatic N) is 3. The Hall–Kier alpha value is -3.78. The van der Waals surface area contributed by atoms with E-state index in [2.05, 4.69) is 10.2 Å². The first-order valence-electron chi connectivity index (χ1n) is 10.4. The summed E-state index contributed by atoms with van der Waals surface area (Å²) in [6.07, 6.45) is 0. The van der Waals surface area contributed by atoms with Gasteiger partial charge in [-0.2, -0.15) is 0 Å². The Morgan fingerprint density at radius 1 is 0.970 bits per heavy atom. The number of carbonyl (C=O) groups is 1. The molecule has 0 fully saturated rings. The van der Waals surface area contributed by atoms with Gasteiger partial charge in [0, 0.05) is 16.8 Å². The number of Topliss-reactive ketones (excluding diaryl/α,β-unsaturated/α-hetero) is 1. The van der Waals surface area contributed by atoms with E-state index >= 15 is 0 Å². The molecule has 8 heteroatoms. The average Bonchev–Trinajstić information content (AvgIpc) is 3.31. The Kier molecular flexibility index (Phi) is 5.99. The van der Waals surface area contributed by atoms with Gasteiger partial charge in [0.15, 0.2) is 28.3 Å². The van der Waals surface area contributed by atoms with Crippen molar-refractivity contribution in [3.8, 4) is 34.3 Å². The number of thioether (sulfide) groups is 1. The van der Waals surface area contributed by atoms with E-state index in [0.717, 1.165) is 17.0 Å². The van der Waals surface area contributed by atoms with Crippen LogP contribution < -0.4 is 14.2 Å². The van der Waals surface area contributed by atoms with Crippen LogP contribution in [0.3, 0.4) is 0 Å². The zero-order valence-electron chi connectivity index (χ0n) is 17.9. The first-order chi connectivity index (χ1) is 16.2. The largest absolute Gasteiger partial charge is 0.497 e. The maximum Gasteiger partial charge on any atom is 0.196 e. The number of hydrogen-bond donors (Lipinski definition) is 0. The van der Waals surface area contributed by atoms with Crippen molar-refractivity contribution in [1.29, 1.82) is 0 Å². The second-order valence-electron chi connectivity index (χ2n) is 7.28. The first-order valence-corrected chi connectivity index (χ1v) is 11.4. The van der Waals surface area contributed by atoms with E-state index in [9.17, 15) is 4.79 Å². The summed E-state index contributed by atoms with van der Waals surface area (Å²) in [5.41, 5.74) is 2.36. The fraction of sp³-hybridized carbons (Fsp3) is 0.160. The molecule has 7 nitrogen and oxygen atoms in total. The average molecular weight is 460 g/mol. The van der Waals surface area contributed by atoms with Gasteiger partial charge in [-0.3, -0.25) is 9.36 Å². The molecule has 0 atom stereocenters. The Bertz CT molecular complexity index is 1290. The summed E-state index contributed by atoms with van der Waals surface area (Å²) in [7, 11) is 1.63. The lowest BCUT2D eigenvalue weighted by Gasteiger charge is -2.18. The van der Waals surface area contributed by atoms with Crippen molar-refractivity contribution in [3.63, 3.8) is 0 Å². The number of para-hydroxylation sites is 1. The Morgan fingerprint density at radius 3 is 2.61 bits per heavy atom. The molecule has 1 aliphatic rings. The first kappa shape index (κ1) is 21.1. The normalized spacial score (nSPS) is 12.4. The van der Waals surface area contributed by atoms with Crippen LogP contribution in [0.15, 0.2) is 78.0 Å². The Morgan fingerprint density at radius 2 is 1.79 bits per heavy atom. The van der Waals surface area contributed by atoms with Crippen LogP contribution in [0.4, 0.5) is 0 Å². The SMILES string of the molecule is COc1cccc(-c2nnc(SCC(=O)c3ccc4c(c3)OCCO4)n2-c2ccccc2)c1. The molecule has 4 aromatic rings. The third kappa shape index (κ3) is 4.42. The molecule has 0 amide bonds. The maximum atomic E-state index is 12.9. The minimum Gasteiger partial charge on any atom is -0.497 e. The smallest absolute Gasteiger partial charge is 0.196 e. The molecule has 0 spiro atoms. The van der Waals surface area contributed by atoms with Crippen LogP contribution in [-0.4, -0.2) is 46.6 Å². The number of methoxy groups -OCH3 is 1. The van der Waals surface area contributed by atoms with Gasteiger partial charge in [0.25, 0.3) is 0 Å². The van der Waals surface area contributed by atoms with Crippen molar-refractivity contribution in [2.24, 2.45) is 0 Å². The van der Waals surface area contributed by atoms with Gasteiger partial charge in [-0.25, -0.2) is 0 Å². The minimum absolute atomic E-state index is 0.0254. The number of aromatic nitrogens is 3. The molecule has 166 valence electrons. The number of benzene rings is 3. The summed E-state index contributed by atoms with van der Waals surface area (Å²) < 4.78 is 18.5. The zero-order valence-corrected chi connectivity index (χ0v) is 18.7. The Balaban J connectivity index is 1.43. The molecule has 0 N–H and O–H groups in total. The van der Waals surface area contributed by atoms with Gasteiger partial charge in [-0.1, -0.05) is 42.1 Å². The second kappa shape index (κ2) is 9.38. The number of ether oxygens (including phenoxy) is 3. The van der Waals surface area contributed by atoms with Gasteiger partial charge in [-0.05, 0) is 42.5 Å². The zero-order chi connectivity index (χ0) is 22.6. The predicted octanol–water partition coefficient (Wildman–Crippen LogP) is 4.69. The number of ketones is 1. The van der Waals surface area contributed by atoms with E-state index in [1.54, 1.807) is 25.3 Å². The number of carbonyl (C=O) groups excluding carboxylic acids is 1. The molecule has 0 aliphatic carbocycles. The van der Waals surface area contributed by atoms with Crippen molar-refractivity contribution < 1.29 is 19.0 Å². The standard InChI is InChI=1S/C25H21N3O4S/c1-30-20-9-5-6-18(14-20)24-26-27-25(28(24)19-7-3-2-4-8-19)33-16-21(29)17-10-11-22-23(15-17)32-13-12-31-22/h2-11,14-15H,12-13,16H2,1H3. The molecule has 5 rings (SSSR count). The summed E-state index contributed by atoms with van der Waals surface area (Å²) in [6, 6.07) is 22.8. The van der Waals surface area contributed by atoms with Crippen LogP contribution in [0.2, 0.25) is 0 Å².